The summed E-state index contributed by atoms with van der Waals surface area (Å²) in [6.07, 6.45) is 1.54. The molecule has 3 aromatic rings. The molecule has 0 saturated heterocycles. The summed E-state index contributed by atoms with van der Waals surface area (Å²) < 4.78 is 11.1. The summed E-state index contributed by atoms with van der Waals surface area (Å²) >= 11 is 5.93. The van der Waals surface area contributed by atoms with E-state index in [0.29, 0.717) is 40.0 Å². The topological polar surface area (TPSA) is 73.3 Å². The average molecular weight is 358 g/mol. The lowest BCUT2D eigenvalue weighted by Gasteiger charge is -2.08. The van der Waals surface area contributed by atoms with Crippen LogP contribution in [0.4, 0.5) is 0 Å². The van der Waals surface area contributed by atoms with Crippen LogP contribution in [0.15, 0.2) is 48.7 Å². The quantitative estimate of drug-likeness (QED) is 0.729. The maximum absolute atomic E-state index is 11.4. The van der Waals surface area contributed by atoms with Gasteiger partial charge < -0.3 is 14.8 Å². The Balaban J connectivity index is 1.65. The highest BCUT2D eigenvalue weighted by Gasteiger charge is 2.05. The molecule has 6 nitrogen and oxygen atoms in total. The molecule has 3 rings (SSSR count). The lowest BCUT2D eigenvalue weighted by atomic mass is 10.3. The van der Waals surface area contributed by atoms with Gasteiger partial charge in [0.05, 0.1) is 17.2 Å². The van der Waals surface area contributed by atoms with E-state index >= 15 is 0 Å². The number of ether oxygens (including phenoxy) is 2. The molecule has 0 bridgehead atoms. The van der Waals surface area contributed by atoms with Crippen molar-refractivity contribution in [2.75, 3.05) is 13.2 Å². The van der Waals surface area contributed by atoms with Gasteiger partial charge in [-0.3, -0.25) is 4.79 Å². The fourth-order valence-electron chi connectivity index (χ4n) is 2.14. The van der Waals surface area contributed by atoms with Gasteiger partial charge in [-0.15, -0.1) is 0 Å². The maximum atomic E-state index is 11.4. The summed E-state index contributed by atoms with van der Waals surface area (Å²) in [4.78, 5) is 20.0. The van der Waals surface area contributed by atoms with Gasteiger partial charge in [-0.1, -0.05) is 11.6 Å². The van der Waals surface area contributed by atoms with Crippen LogP contribution in [0.1, 0.15) is 6.92 Å². The number of rotatable bonds is 6. The molecule has 1 aromatic heterocycles. The SMILES string of the molecule is CCNC(=O)COc1ccc(Oc2cnc3cc(Cl)ccc3n2)cc1. The average Bonchev–Trinajstić information content (AvgIpc) is 2.61. The van der Waals surface area contributed by atoms with E-state index in [0.717, 1.165) is 0 Å². The minimum Gasteiger partial charge on any atom is -0.484 e. The first kappa shape index (κ1) is 17.0. The number of likely N-dealkylation sites (N-methyl/N-ethyl adjacent to an activating group) is 1. The second kappa shape index (κ2) is 7.81. The van der Waals surface area contributed by atoms with Crippen LogP contribution in [0.5, 0.6) is 17.4 Å². The molecule has 25 heavy (non-hydrogen) atoms. The van der Waals surface area contributed by atoms with Gasteiger partial charge in [-0.2, -0.15) is 0 Å². The van der Waals surface area contributed by atoms with Gasteiger partial charge in [0.15, 0.2) is 6.61 Å². The summed E-state index contributed by atoms with van der Waals surface area (Å²) in [6, 6.07) is 12.2. The zero-order chi connectivity index (χ0) is 17.6. The summed E-state index contributed by atoms with van der Waals surface area (Å²) in [5.74, 6) is 1.39. The fourth-order valence-corrected chi connectivity index (χ4v) is 2.30. The monoisotopic (exact) mass is 357 g/mol. The first-order chi connectivity index (χ1) is 12.1. The normalized spacial score (nSPS) is 10.5. The van der Waals surface area contributed by atoms with Gasteiger partial charge in [0, 0.05) is 11.6 Å². The second-order valence-corrected chi connectivity index (χ2v) is 5.59. The molecular formula is C18H16ClN3O3. The van der Waals surface area contributed by atoms with Crippen molar-refractivity contribution in [1.29, 1.82) is 0 Å². The molecule has 0 aliphatic carbocycles. The lowest BCUT2D eigenvalue weighted by Crippen LogP contribution is -2.28. The van der Waals surface area contributed by atoms with Crippen molar-refractivity contribution in [3.63, 3.8) is 0 Å². The number of amides is 1. The number of hydrogen-bond donors (Lipinski definition) is 1. The Bertz CT molecular complexity index is 884. The van der Waals surface area contributed by atoms with Gasteiger partial charge in [0.2, 0.25) is 5.88 Å². The van der Waals surface area contributed by atoms with Gasteiger partial charge in [0.1, 0.15) is 11.5 Å². The Kier molecular flexibility index (Phi) is 5.30. The maximum Gasteiger partial charge on any atom is 0.257 e. The number of fused-ring (bicyclic) bond motifs is 1. The zero-order valence-corrected chi connectivity index (χ0v) is 14.3. The minimum absolute atomic E-state index is 0.0211. The molecule has 0 unspecified atom stereocenters. The van der Waals surface area contributed by atoms with Gasteiger partial charge in [-0.25, -0.2) is 9.97 Å². The predicted octanol–water partition coefficient (Wildman–Crippen LogP) is 3.59. The number of hydrogen-bond acceptors (Lipinski definition) is 5. The predicted molar refractivity (Wildman–Crippen MR) is 95.2 cm³/mol. The second-order valence-electron chi connectivity index (χ2n) is 5.16. The molecular weight excluding hydrogens is 342 g/mol. The van der Waals surface area contributed by atoms with Gasteiger partial charge in [-0.05, 0) is 49.4 Å². The number of benzene rings is 2. The number of carbonyl (C=O) groups is 1. The van der Waals surface area contributed by atoms with Crippen LogP contribution in [0.25, 0.3) is 11.0 Å². The third-order valence-corrected chi connectivity index (χ3v) is 3.51. The van der Waals surface area contributed by atoms with Crippen LogP contribution in [0.3, 0.4) is 0 Å². The largest absolute Gasteiger partial charge is 0.484 e. The molecule has 0 atom stereocenters. The highest BCUT2D eigenvalue weighted by atomic mass is 35.5. The fraction of sp³-hybridized carbons (Fsp3) is 0.167. The van der Waals surface area contributed by atoms with Crippen LogP contribution in [0.2, 0.25) is 5.02 Å². The van der Waals surface area contributed by atoms with Crippen LogP contribution >= 0.6 is 11.6 Å². The summed E-state index contributed by atoms with van der Waals surface area (Å²) in [6.45, 7) is 2.41. The van der Waals surface area contributed by atoms with E-state index in [1.165, 1.54) is 6.20 Å². The molecule has 0 aliphatic heterocycles. The minimum atomic E-state index is -0.158. The Morgan fingerprint density at radius 2 is 1.88 bits per heavy atom. The molecule has 128 valence electrons. The van der Waals surface area contributed by atoms with Crippen molar-refractivity contribution < 1.29 is 14.3 Å². The number of nitrogens with zero attached hydrogens (tertiary/aromatic N) is 2. The number of nitrogens with one attached hydrogen (secondary N) is 1. The molecule has 1 amide bonds. The van der Waals surface area contributed by atoms with Crippen molar-refractivity contribution >= 4 is 28.5 Å². The number of carbonyl (C=O) groups excluding carboxylic acids is 1. The molecule has 7 heteroatoms. The Morgan fingerprint density at radius 1 is 1.12 bits per heavy atom. The first-order valence-corrected chi connectivity index (χ1v) is 8.11. The molecule has 0 spiro atoms. The van der Waals surface area contributed by atoms with Crippen molar-refractivity contribution in [3.8, 4) is 17.4 Å². The van der Waals surface area contributed by atoms with Crippen molar-refractivity contribution in [3.05, 3.63) is 53.7 Å². The van der Waals surface area contributed by atoms with Gasteiger partial charge >= 0.3 is 0 Å². The van der Waals surface area contributed by atoms with Crippen LogP contribution in [0, 0.1) is 0 Å². The number of aromatic nitrogens is 2. The van der Waals surface area contributed by atoms with Gasteiger partial charge in [0.25, 0.3) is 5.91 Å². The number of halogens is 1. The van der Waals surface area contributed by atoms with E-state index in [1.807, 2.05) is 6.92 Å². The van der Waals surface area contributed by atoms with E-state index in [4.69, 9.17) is 21.1 Å². The van der Waals surface area contributed by atoms with E-state index in [9.17, 15) is 4.79 Å². The summed E-state index contributed by atoms with van der Waals surface area (Å²) in [7, 11) is 0. The molecule has 0 fully saturated rings. The van der Waals surface area contributed by atoms with Crippen molar-refractivity contribution in [2.24, 2.45) is 0 Å². The summed E-state index contributed by atoms with van der Waals surface area (Å²) in [5.41, 5.74) is 1.40. The van der Waals surface area contributed by atoms with E-state index in [-0.39, 0.29) is 12.5 Å². The molecule has 2 aromatic carbocycles. The third-order valence-electron chi connectivity index (χ3n) is 3.27. The molecule has 1 heterocycles. The van der Waals surface area contributed by atoms with Crippen molar-refractivity contribution in [1.82, 2.24) is 15.3 Å². The molecule has 0 radical (unpaired) electrons. The van der Waals surface area contributed by atoms with Crippen LogP contribution in [-0.2, 0) is 4.79 Å². The first-order valence-electron chi connectivity index (χ1n) is 7.74. The smallest absolute Gasteiger partial charge is 0.257 e. The van der Waals surface area contributed by atoms with Crippen LogP contribution < -0.4 is 14.8 Å². The van der Waals surface area contributed by atoms with E-state index in [2.05, 4.69) is 15.3 Å². The molecule has 0 saturated carbocycles. The molecule has 1 N–H and O–H groups in total. The molecule has 0 aliphatic rings. The highest BCUT2D eigenvalue weighted by Crippen LogP contribution is 2.24. The van der Waals surface area contributed by atoms with E-state index in [1.54, 1.807) is 42.5 Å². The highest BCUT2D eigenvalue weighted by molar-refractivity contribution is 6.31. The van der Waals surface area contributed by atoms with Crippen LogP contribution in [-0.4, -0.2) is 29.0 Å². The lowest BCUT2D eigenvalue weighted by molar-refractivity contribution is -0.122. The standard InChI is InChI=1S/C18H16ClN3O3/c1-2-20-17(23)11-24-13-4-6-14(7-5-13)25-18-10-21-16-9-12(19)3-8-15(16)22-18/h3-10H,2,11H2,1H3,(H,20,23). The Morgan fingerprint density at radius 3 is 2.64 bits per heavy atom. The van der Waals surface area contributed by atoms with Crippen molar-refractivity contribution in [2.45, 2.75) is 6.92 Å². The van der Waals surface area contributed by atoms with E-state index < -0.39 is 0 Å². The summed E-state index contributed by atoms with van der Waals surface area (Å²) in [5, 5.41) is 3.28. The third kappa shape index (κ3) is 4.58. The Labute approximate surface area is 149 Å². The Hall–Kier alpha value is -2.86. The zero-order valence-electron chi connectivity index (χ0n) is 13.5.